The van der Waals surface area contributed by atoms with Crippen molar-refractivity contribution in [2.24, 2.45) is 0 Å². The molecule has 1 aliphatic rings. The van der Waals surface area contributed by atoms with Crippen LogP contribution < -0.4 is 5.32 Å². The Morgan fingerprint density at radius 1 is 1.43 bits per heavy atom. The molecule has 2 N–H and O–H groups in total. The van der Waals surface area contributed by atoms with E-state index >= 15 is 0 Å². The molecule has 0 aromatic heterocycles. The lowest BCUT2D eigenvalue weighted by atomic mass is 10.1. The number of hydrogen-bond acceptors (Lipinski definition) is 3. The Morgan fingerprint density at radius 2 is 2.14 bits per heavy atom. The summed E-state index contributed by atoms with van der Waals surface area (Å²) in [5.41, 5.74) is 0.0773. The highest BCUT2D eigenvalue weighted by molar-refractivity contribution is 6.34. The van der Waals surface area contributed by atoms with Crippen molar-refractivity contribution in [3.05, 3.63) is 28.8 Å². The highest BCUT2D eigenvalue weighted by Crippen LogP contribution is 2.24. The van der Waals surface area contributed by atoms with E-state index in [1.807, 2.05) is 13.8 Å². The molecule has 114 valence electrons. The van der Waals surface area contributed by atoms with Gasteiger partial charge < -0.3 is 20.1 Å². The van der Waals surface area contributed by atoms with Crippen molar-refractivity contribution in [1.29, 1.82) is 0 Å². The van der Waals surface area contributed by atoms with Crippen LogP contribution in [0.5, 0.6) is 0 Å². The number of carboxylic acids is 1. The molecule has 0 atom stereocenters. The molecule has 1 fully saturated rings. The molecule has 7 heteroatoms. The Hall–Kier alpha value is -1.79. The Kier molecular flexibility index (Phi) is 4.39. The smallest absolute Gasteiger partial charge is 0.335 e. The van der Waals surface area contributed by atoms with Crippen molar-refractivity contribution in [3.8, 4) is 0 Å². The van der Waals surface area contributed by atoms with Crippen LogP contribution in [0.2, 0.25) is 5.02 Å². The lowest BCUT2D eigenvalue weighted by Crippen LogP contribution is -2.51. The molecule has 0 radical (unpaired) electrons. The molecule has 1 aromatic rings. The third-order valence-corrected chi connectivity index (χ3v) is 3.48. The van der Waals surface area contributed by atoms with Crippen LogP contribution in [0.15, 0.2) is 18.2 Å². The summed E-state index contributed by atoms with van der Waals surface area (Å²) in [6.45, 7) is 5.29. The van der Waals surface area contributed by atoms with Gasteiger partial charge in [0.1, 0.15) is 0 Å². The van der Waals surface area contributed by atoms with Crippen LogP contribution in [0.25, 0.3) is 0 Å². The maximum Gasteiger partial charge on any atom is 0.335 e. The maximum absolute atomic E-state index is 12.2. The van der Waals surface area contributed by atoms with Gasteiger partial charge in [0.2, 0.25) is 0 Å². The molecule has 1 aliphatic heterocycles. The third kappa shape index (κ3) is 3.86. The van der Waals surface area contributed by atoms with Crippen LogP contribution in [-0.4, -0.2) is 47.3 Å². The van der Waals surface area contributed by atoms with Crippen molar-refractivity contribution in [1.82, 2.24) is 4.90 Å². The van der Waals surface area contributed by atoms with E-state index in [-0.39, 0.29) is 22.2 Å². The summed E-state index contributed by atoms with van der Waals surface area (Å²) in [7, 11) is 0. The molecule has 0 aliphatic carbocycles. The largest absolute Gasteiger partial charge is 0.478 e. The summed E-state index contributed by atoms with van der Waals surface area (Å²) in [5.74, 6) is -1.07. The van der Waals surface area contributed by atoms with Gasteiger partial charge in [0.15, 0.2) is 0 Å². The van der Waals surface area contributed by atoms with Gasteiger partial charge in [-0.15, -0.1) is 0 Å². The van der Waals surface area contributed by atoms with E-state index in [0.717, 1.165) is 0 Å². The number of carbonyl (C=O) groups excluding carboxylic acids is 1. The topological polar surface area (TPSA) is 78.9 Å². The zero-order valence-corrected chi connectivity index (χ0v) is 12.6. The van der Waals surface area contributed by atoms with Gasteiger partial charge in [0, 0.05) is 6.54 Å². The summed E-state index contributed by atoms with van der Waals surface area (Å²) in [6, 6.07) is 3.90. The monoisotopic (exact) mass is 312 g/mol. The average molecular weight is 313 g/mol. The molecular formula is C14H17ClN2O4. The van der Waals surface area contributed by atoms with E-state index in [9.17, 15) is 9.59 Å². The molecule has 0 saturated carbocycles. The van der Waals surface area contributed by atoms with E-state index < -0.39 is 5.97 Å². The van der Waals surface area contributed by atoms with Crippen LogP contribution in [0.1, 0.15) is 24.2 Å². The van der Waals surface area contributed by atoms with Crippen LogP contribution in [0, 0.1) is 0 Å². The fraction of sp³-hybridized carbons (Fsp3) is 0.429. The van der Waals surface area contributed by atoms with Crippen LogP contribution in [0.4, 0.5) is 10.5 Å². The third-order valence-electron chi connectivity index (χ3n) is 3.17. The predicted octanol–water partition coefficient (Wildman–Crippen LogP) is 2.68. The highest BCUT2D eigenvalue weighted by Gasteiger charge is 2.30. The zero-order chi connectivity index (χ0) is 15.6. The van der Waals surface area contributed by atoms with Crippen molar-refractivity contribution < 1.29 is 19.4 Å². The number of anilines is 1. The molecule has 1 saturated heterocycles. The second-order valence-electron chi connectivity index (χ2n) is 5.46. The number of morpholine rings is 1. The molecule has 1 aromatic carbocycles. The number of amides is 2. The Balaban J connectivity index is 2.07. The molecule has 21 heavy (non-hydrogen) atoms. The van der Waals surface area contributed by atoms with E-state index in [4.69, 9.17) is 21.4 Å². The molecule has 0 unspecified atom stereocenters. The number of hydrogen-bond donors (Lipinski definition) is 2. The van der Waals surface area contributed by atoms with Crippen molar-refractivity contribution >= 4 is 29.3 Å². The standard InChI is InChI=1S/C14H17ClN2O4/c1-14(2)8-17(5-6-21-14)13(20)16-11-4-3-9(12(18)19)7-10(11)15/h3-4,7H,5-6,8H2,1-2H3,(H,16,20)(H,18,19). The summed E-state index contributed by atoms with van der Waals surface area (Å²) >= 11 is 5.99. The summed E-state index contributed by atoms with van der Waals surface area (Å²) in [6.07, 6.45) is 0. The zero-order valence-electron chi connectivity index (χ0n) is 11.9. The van der Waals surface area contributed by atoms with Gasteiger partial charge in [-0.2, -0.15) is 0 Å². The fourth-order valence-corrected chi connectivity index (χ4v) is 2.36. The molecule has 6 nitrogen and oxygen atoms in total. The maximum atomic E-state index is 12.2. The number of carboxylic acid groups (broad SMARTS) is 1. The molecule has 2 rings (SSSR count). The van der Waals surface area contributed by atoms with Gasteiger partial charge in [0.05, 0.1) is 35.0 Å². The normalized spacial score (nSPS) is 17.4. The van der Waals surface area contributed by atoms with E-state index in [2.05, 4.69) is 5.32 Å². The number of nitrogens with one attached hydrogen (secondary N) is 1. The minimum Gasteiger partial charge on any atom is -0.478 e. The number of carbonyl (C=O) groups is 2. The second kappa shape index (κ2) is 5.91. The number of ether oxygens (including phenoxy) is 1. The highest BCUT2D eigenvalue weighted by atomic mass is 35.5. The van der Waals surface area contributed by atoms with Crippen molar-refractivity contribution in [2.45, 2.75) is 19.4 Å². The molecule has 0 spiro atoms. The van der Waals surface area contributed by atoms with Crippen LogP contribution in [-0.2, 0) is 4.74 Å². The second-order valence-corrected chi connectivity index (χ2v) is 5.87. The van der Waals surface area contributed by atoms with Crippen molar-refractivity contribution in [3.63, 3.8) is 0 Å². The Labute approximate surface area is 127 Å². The first kappa shape index (κ1) is 15.6. The molecule has 2 amide bonds. The number of rotatable bonds is 2. The number of benzene rings is 1. The first-order valence-electron chi connectivity index (χ1n) is 6.51. The number of urea groups is 1. The lowest BCUT2D eigenvalue weighted by Gasteiger charge is -2.38. The average Bonchev–Trinajstić information content (AvgIpc) is 2.39. The molecule has 1 heterocycles. The van der Waals surface area contributed by atoms with E-state index in [0.29, 0.717) is 25.4 Å². The minimum atomic E-state index is -1.07. The fourth-order valence-electron chi connectivity index (χ4n) is 2.13. The minimum absolute atomic E-state index is 0.0745. The summed E-state index contributed by atoms with van der Waals surface area (Å²) in [5, 5.41) is 11.8. The first-order chi connectivity index (χ1) is 9.78. The van der Waals surface area contributed by atoms with Crippen molar-refractivity contribution in [2.75, 3.05) is 25.0 Å². The summed E-state index contributed by atoms with van der Waals surface area (Å²) in [4.78, 5) is 24.7. The van der Waals surface area contributed by atoms with Gasteiger partial charge in [0.25, 0.3) is 0 Å². The van der Waals surface area contributed by atoms with Gasteiger partial charge in [-0.05, 0) is 32.0 Å². The van der Waals surface area contributed by atoms with E-state index in [1.54, 1.807) is 4.90 Å². The van der Waals surface area contributed by atoms with Gasteiger partial charge in [-0.1, -0.05) is 11.6 Å². The van der Waals surface area contributed by atoms with Gasteiger partial charge >= 0.3 is 12.0 Å². The number of nitrogens with zero attached hydrogens (tertiary/aromatic N) is 1. The Bertz CT molecular complexity index is 574. The SMILES string of the molecule is CC1(C)CN(C(=O)Nc2ccc(C(=O)O)cc2Cl)CCO1. The van der Waals surface area contributed by atoms with Crippen LogP contribution in [0.3, 0.4) is 0 Å². The Morgan fingerprint density at radius 3 is 2.71 bits per heavy atom. The molecule has 0 bridgehead atoms. The van der Waals surface area contributed by atoms with Crippen LogP contribution >= 0.6 is 11.6 Å². The molecular weight excluding hydrogens is 296 g/mol. The van der Waals surface area contributed by atoms with Gasteiger partial charge in [-0.3, -0.25) is 0 Å². The number of aromatic carboxylic acids is 1. The first-order valence-corrected chi connectivity index (χ1v) is 6.89. The van der Waals surface area contributed by atoms with E-state index in [1.165, 1.54) is 18.2 Å². The van der Waals surface area contributed by atoms with Gasteiger partial charge in [-0.25, -0.2) is 9.59 Å². The lowest BCUT2D eigenvalue weighted by molar-refractivity contribution is -0.0720. The predicted molar refractivity (Wildman–Crippen MR) is 79.0 cm³/mol. The summed E-state index contributed by atoms with van der Waals surface area (Å²) < 4.78 is 5.55. The quantitative estimate of drug-likeness (QED) is 0.880. The number of halogens is 1.